The van der Waals surface area contributed by atoms with E-state index in [0.717, 1.165) is 10.8 Å². The number of benzene rings is 1. The molecule has 0 radical (unpaired) electrons. The van der Waals surface area contributed by atoms with Crippen LogP contribution in [-0.4, -0.2) is 35.0 Å². The Morgan fingerprint density at radius 2 is 1.88 bits per heavy atom. The molecule has 0 saturated carbocycles. The van der Waals surface area contributed by atoms with Crippen LogP contribution < -0.4 is 0 Å². The molecule has 2 unspecified atom stereocenters. The van der Waals surface area contributed by atoms with E-state index in [-0.39, 0.29) is 9.45 Å². The molecule has 0 aliphatic carbocycles. The van der Waals surface area contributed by atoms with Gasteiger partial charge in [-0.25, -0.2) is 0 Å². The molecular weight excluding hydrogens is 248 g/mol. The summed E-state index contributed by atoms with van der Waals surface area (Å²) in [5.74, 6) is 1.04. The fourth-order valence-electron chi connectivity index (χ4n) is 2.46. The highest BCUT2D eigenvalue weighted by Gasteiger charge is 2.29. The van der Waals surface area contributed by atoms with Gasteiger partial charge in [-0.3, -0.25) is 9.89 Å². The van der Waals surface area contributed by atoms with E-state index in [2.05, 4.69) is 29.2 Å². The largest absolute Gasteiger partial charge is 0.281 e. The highest BCUT2D eigenvalue weighted by molar-refractivity contribution is 8.37. The van der Waals surface area contributed by atoms with Crippen LogP contribution in [-0.2, 0) is 20.6 Å². The van der Waals surface area contributed by atoms with Crippen molar-refractivity contribution in [1.29, 1.82) is 0 Å². The van der Waals surface area contributed by atoms with Gasteiger partial charge in [-0.1, -0.05) is 39.8 Å². The van der Waals surface area contributed by atoms with Crippen molar-refractivity contribution in [3.8, 4) is 0 Å². The first kappa shape index (κ1) is 11.5. The molecule has 2 aliphatic heterocycles. The van der Waals surface area contributed by atoms with E-state index in [1.165, 1.54) is 31.5 Å². The molecule has 2 heterocycles. The first-order valence-corrected chi connectivity index (χ1v) is 8.42. The summed E-state index contributed by atoms with van der Waals surface area (Å²) in [6.07, 6.45) is 2.99. The monoisotopic (exact) mass is 264 g/mol. The zero-order valence-corrected chi connectivity index (χ0v) is 11.3. The van der Waals surface area contributed by atoms with Crippen LogP contribution in [0.25, 0.3) is 0 Å². The van der Waals surface area contributed by atoms with Gasteiger partial charge >= 0.3 is 0 Å². The van der Waals surface area contributed by atoms with E-state index in [9.17, 15) is 0 Å². The third-order valence-corrected chi connectivity index (χ3v) is 5.62. The summed E-state index contributed by atoms with van der Waals surface area (Å²) in [5, 5.41) is 1.15. The van der Waals surface area contributed by atoms with Crippen LogP contribution >= 0.6 is 0 Å². The molecule has 4 heteroatoms. The minimum absolute atomic E-state index is 0.0960. The molecule has 0 N–H and O–H groups in total. The number of hydrogen-bond acceptors (Lipinski definition) is 3. The maximum absolute atomic E-state index is 5.59. The molecule has 2 atom stereocenters. The van der Waals surface area contributed by atoms with Gasteiger partial charge in [-0.15, -0.1) is 0 Å². The fraction of sp³-hybridized carbons (Fsp3) is 0.462. The summed E-state index contributed by atoms with van der Waals surface area (Å²) < 4.78 is 0. The second-order valence-electron chi connectivity index (χ2n) is 4.54. The summed E-state index contributed by atoms with van der Waals surface area (Å²) >= 11 is 5.59. The van der Waals surface area contributed by atoms with Gasteiger partial charge in [0.1, 0.15) is 11.2 Å². The minimum Gasteiger partial charge on any atom is -0.281 e. The lowest BCUT2D eigenvalue weighted by molar-refractivity contribution is 0.273. The molecule has 1 fully saturated rings. The van der Waals surface area contributed by atoms with Crippen molar-refractivity contribution in [3.05, 3.63) is 35.9 Å². The van der Waals surface area contributed by atoms with Gasteiger partial charge in [0.25, 0.3) is 0 Å². The van der Waals surface area contributed by atoms with E-state index >= 15 is 0 Å². The van der Waals surface area contributed by atoms with E-state index < -0.39 is 0 Å². The second-order valence-corrected chi connectivity index (χ2v) is 7.15. The Kier molecular flexibility index (Phi) is 3.36. The van der Waals surface area contributed by atoms with Crippen LogP contribution in [0.3, 0.4) is 0 Å². The van der Waals surface area contributed by atoms with Gasteiger partial charge in [0.2, 0.25) is 0 Å². The van der Waals surface area contributed by atoms with Crippen molar-refractivity contribution in [2.45, 2.75) is 19.0 Å². The molecule has 0 amide bonds. The van der Waals surface area contributed by atoms with Crippen molar-refractivity contribution in [2.24, 2.45) is 4.99 Å². The standard InChI is InChI=1S/C13H16N2S2/c16-17-10-12(15-8-4-5-9-15)14-13(17)11-6-2-1-3-7-11/h1-3,6-7,12H,4-5,8-10H2. The SMILES string of the molecule is S=S1CC(N2CCCC2)N=C1c1ccccc1. The van der Waals surface area contributed by atoms with E-state index in [1.807, 2.05) is 6.07 Å². The molecule has 0 bridgehead atoms. The lowest BCUT2D eigenvalue weighted by Crippen LogP contribution is -2.32. The molecule has 1 saturated heterocycles. The Bertz CT molecular complexity index is 450. The Morgan fingerprint density at radius 3 is 2.59 bits per heavy atom. The third kappa shape index (κ3) is 2.34. The molecule has 17 heavy (non-hydrogen) atoms. The average Bonchev–Trinajstić information content (AvgIpc) is 2.99. The molecule has 1 aromatic rings. The molecule has 90 valence electrons. The van der Waals surface area contributed by atoms with Crippen molar-refractivity contribution < 1.29 is 0 Å². The quantitative estimate of drug-likeness (QED) is 0.811. The predicted molar refractivity (Wildman–Crippen MR) is 77.2 cm³/mol. The zero-order chi connectivity index (χ0) is 11.7. The average molecular weight is 264 g/mol. The van der Waals surface area contributed by atoms with Gasteiger partial charge in [0, 0.05) is 24.4 Å². The summed E-state index contributed by atoms with van der Waals surface area (Å²) in [4.78, 5) is 7.36. The van der Waals surface area contributed by atoms with Gasteiger partial charge in [0.15, 0.2) is 0 Å². The number of hydrogen-bond donors (Lipinski definition) is 0. The number of rotatable bonds is 2. The third-order valence-electron chi connectivity index (χ3n) is 3.37. The normalized spacial score (nSPS) is 29.5. The Hall–Kier alpha value is -0.580. The lowest BCUT2D eigenvalue weighted by atomic mass is 10.2. The van der Waals surface area contributed by atoms with Crippen LogP contribution in [0.5, 0.6) is 0 Å². The maximum atomic E-state index is 5.59. The van der Waals surface area contributed by atoms with E-state index in [0.29, 0.717) is 6.17 Å². The molecular formula is C13H16N2S2. The maximum Gasteiger partial charge on any atom is 0.113 e. The van der Waals surface area contributed by atoms with Crippen molar-refractivity contribution >= 4 is 25.7 Å². The fourth-order valence-corrected chi connectivity index (χ4v) is 4.59. The lowest BCUT2D eigenvalue weighted by Gasteiger charge is -2.19. The van der Waals surface area contributed by atoms with Crippen LogP contribution in [0.4, 0.5) is 0 Å². The highest BCUT2D eigenvalue weighted by Crippen LogP contribution is 2.21. The van der Waals surface area contributed by atoms with Crippen molar-refractivity contribution in [1.82, 2.24) is 4.90 Å². The number of likely N-dealkylation sites (tertiary alicyclic amines) is 1. The summed E-state index contributed by atoms with van der Waals surface area (Å²) in [5.41, 5.74) is 1.22. The van der Waals surface area contributed by atoms with Gasteiger partial charge in [0.05, 0.1) is 0 Å². The van der Waals surface area contributed by atoms with Crippen LogP contribution in [0.15, 0.2) is 35.3 Å². The van der Waals surface area contributed by atoms with Crippen LogP contribution in [0, 0.1) is 0 Å². The summed E-state index contributed by atoms with van der Waals surface area (Å²) in [7, 11) is -0.0960. The summed E-state index contributed by atoms with van der Waals surface area (Å²) in [6, 6.07) is 10.4. The predicted octanol–water partition coefficient (Wildman–Crippen LogP) is 1.95. The minimum atomic E-state index is -0.0960. The highest BCUT2D eigenvalue weighted by atomic mass is 32.8. The zero-order valence-electron chi connectivity index (χ0n) is 9.71. The van der Waals surface area contributed by atoms with Crippen molar-refractivity contribution in [2.75, 3.05) is 18.8 Å². The van der Waals surface area contributed by atoms with Gasteiger partial charge < -0.3 is 0 Å². The second kappa shape index (κ2) is 4.96. The molecule has 0 aromatic heterocycles. The Balaban J connectivity index is 1.84. The molecule has 2 nitrogen and oxygen atoms in total. The first-order valence-electron chi connectivity index (χ1n) is 6.10. The van der Waals surface area contributed by atoms with Gasteiger partial charge in [-0.2, -0.15) is 0 Å². The first-order chi connectivity index (χ1) is 8.34. The number of nitrogens with zero attached hydrogens (tertiary/aromatic N) is 2. The Morgan fingerprint density at radius 1 is 1.18 bits per heavy atom. The van der Waals surface area contributed by atoms with Crippen LogP contribution in [0.2, 0.25) is 0 Å². The molecule has 3 rings (SSSR count). The van der Waals surface area contributed by atoms with Crippen LogP contribution in [0.1, 0.15) is 18.4 Å². The molecule has 1 aromatic carbocycles. The molecule has 2 aliphatic rings. The molecule has 0 spiro atoms. The topological polar surface area (TPSA) is 15.6 Å². The van der Waals surface area contributed by atoms with Gasteiger partial charge in [-0.05, 0) is 24.0 Å². The summed E-state index contributed by atoms with van der Waals surface area (Å²) in [6.45, 7) is 2.39. The van der Waals surface area contributed by atoms with Crippen molar-refractivity contribution in [3.63, 3.8) is 0 Å². The Labute approximate surface area is 109 Å². The van der Waals surface area contributed by atoms with E-state index in [1.54, 1.807) is 0 Å². The number of aliphatic imine (C=N–C) groups is 1. The van der Waals surface area contributed by atoms with E-state index in [4.69, 9.17) is 16.2 Å². The smallest absolute Gasteiger partial charge is 0.113 e.